The number of aliphatic hydroxyl groups is 6. The Balaban J connectivity index is 1.23. The number of H-pyrrole nitrogens is 1. The number of aromatic amines is 1. The number of aromatic nitrogens is 1. The first kappa shape index (κ1) is 50.9. The molecule has 15 nitrogen and oxygen atoms in total. The van der Waals surface area contributed by atoms with Crippen molar-refractivity contribution < 1.29 is 49.8 Å². The van der Waals surface area contributed by atoms with Crippen molar-refractivity contribution in [3.63, 3.8) is 0 Å². The summed E-state index contributed by atoms with van der Waals surface area (Å²) >= 11 is 0. The highest BCUT2D eigenvalue weighted by Gasteiger charge is 2.74. The van der Waals surface area contributed by atoms with Crippen molar-refractivity contribution in [3.05, 3.63) is 46.9 Å². The number of nitrogens with zero attached hydrogens (tertiary/aromatic N) is 1. The van der Waals surface area contributed by atoms with Gasteiger partial charge < -0.3 is 57.1 Å². The summed E-state index contributed by atoms with van der Waals surface area (Å²) in [7, 11) is 0. The normalized spacial score (nSPS) is 45.2. The zero-order chi connectivity index (χ0) is 50.2. The molecule has 1 aromatic heterocycles. The highest BCUT2D eigenvalue weighted by molar-refractivity contribution is 6.00. The van der Waals surface area contributed by atoms with Gasteiger partial charge in [-0.2, -0.15) is 0 Å². The Morgan fingerprint density at radius 3 is 2.49 bits per heavy atom. The number of aliphatic hydroxyl groups excluding tert-OH is 4. The number of rotatable bonds is 9. The highest BCUT2D eigenvalue weighted by atomic mass is 16.5. The van der Waals surface area contributed by atoms with Crippen molar-refractivity contribution in [2.24, 2.45) is 92.4 Å². The number of Topliss-reactive ketones (excluding diaryl/α,β-unsaturated/α-hetero) is 2. The maximum absolute atomic E-state index is 15.2. The van der Waals surface area contributed by atoms with Gasteiger partial charge in [0, 0.05) is 54.4 Å². The highest BCUT2D eigenvalue weighted by Crippen LogP contribution is 2.72. The van der Waals surface area contributed by atoms with Crippen molar-refractivity contribution in [2.75, 3.05) is 19.8 Å². The molecule has 8 aliphatic rings. The summed E-state index contributed by atoms with van der Waals surface area (Å²) in [5.74, 6) is 3.64. The quantitative estimate of drug-likeness (QED) is 0.0556. The van der Waals surface area contributed by atoms with E-state index in [1.54, 1.807) is 6.92 Å². The predicted molar refractivity (Wildman–Crippen MR) is 262 cm³/mol. The Labute approximate surface area is 412 Å². The summed E-state index contributed by atoms with van der Waals surface area (Å²) in [6.45, 7) is 9.14. The van der Waals surface area contributed by atoms with Crippen molar-refractivity contribution in [1.82, 2.24) is 10.3 Å². The smallest absolute Gasteiger partial charge is 0.313 e. The predicted octanol–water partition coefficient (Wildman–Crippen LogP) is 3.76. The number of ketones is 2. The standard InChI is InChI=1S/C55H79N5O10/c1-28-9-10-31-11-12-35-29(2)20-44(65)53(5,68)49-33(8-6-7-32(21-37(35)36(31)19-28)38-27-70-50(67)45(38)34-14-17-58-25-34)23-55(69)46-39(13-15-54(49,55)16-18-59-51(56)57)52(4)24-43(64)42(63)22-40(52)48(66)47(46)60-41(26-61)30(3)62/h11,14,17,25,28-29,32-33,35-45,49,58,60-61,63-65,68-69H,8-10,12-13,15-16,18-24,26-27H2,1-5H3,(H4,56,57,59). The number of carbonyl (C=O) groups is 3. The number of hydrogen-bond acceptors (Lipinski definition) is 12. The number of ether oxygens (including phenoxy) is 1. The molecule has 1 aliphatic heterocycles. The van der Waals surface area contributed by atoms with Crippen LogP contribution in [-0.2, 0) is 19.1 Å². The van der Waals surface area contributed by atoms with Crippen LogP contribution in [0.2, 0.25) is 0 Å². The van der Waals surface area contributed by atoms with E-state index >= 15 is 4.79 Å². The van der Waals surface area contributed by atoms with Crippen LogP contribution in [0, 0.1) is 87.8 Å². The van der Waals surface area contributed by atoms with Gasteiger partial charge in [-0.25, -0.2) is 0 Å². The fourth-order valence-corrected chi connectivity index (χ4v) is 16.7. The minimum Gasteiger partial charge on any atom is -0.465 e. The van der Waals surface area contributed by atoms with Crippen LogP contribution in [0.4, 0.5) is 0 Å². The molecular weight excluding hydrogens is 891 g/mol. The van der Waals surface area contributed by atoms with Gasteiger partial charge in [0.15, 0.2) is 17.5 Å². The average Bonchev–Trinajstić information content (AvgIpc) is 4.03. The van der Waals surface area contributed by atoms with E-state index in [0.29, 0.717) is 30.3 Å². The third-order valence-electron chi connectivity index (χ3n) is 20.1. The summed E-state index contributed by atoms with van der Waals surface area (Å²) in [5, 5.41) is 76.6. The molecular formula is C55H79N5O10. The van der Waals surface area contributed by atoms with Crippen molar-refractivity contribution in [3.8, 4) is 11.8 Å². The number of allylic oxidation sites excluding steroid dienone is 3. The number of guanidine groups is 1. The molecule has 0 amide bonds. The third kappa shape index (κ3) is 8.38. The molecule has 0 spiro atoms. The van der Waals surface area contributed by atoms with E-state index in [4.69, 9.17) is 16.2 Å². The summed E-state index contributed by atoms with van der Waals surface area (Å²) < 4.78 is 5.90. The third-order valence-corrected chi connectivity index (χ3v) is 20.1. The zero-order valence-corrected chi connectivity index (χ0v) is 41.8. The van der Waals surface area contributed by atoms with Crippen molar-refractivity contribution in [2.45, 2.75) is 160 Å². The van der Waals surface area contributed by atoms with Crippen LogP contribution in [-0.4, -0.2) is 114 Å². The minimum atomic E-state index is -1.89. The van der Waals surface area contributed by atoms with Gasteiger partial charge in [-0.1, -0.05) is 38.3 Å². The molecule has 384 valence electrons. The number of nitrogens with two attached hydrogens (primary N) is 2. The van der Waals surface area contributed by atoms with Gasteiger partial charge in [-0.05, 0) is 155 Å². The Morgan fingerprint density at radius 2 is 1.79 bits per heavy atom. The lowest BCUT2D eigenvalue weighted by Gasteiger charge is -2.62. The molecule has 2 heterocycles. The summed E-state index contributed by atoms with van der Waals surface area (Å²) in [5.41, 5.74) is 8.75. The molecule has 12 N–H and O–H groups in total. The van der Waals surface area contributed by atoms with E-state index in [1.165, 1.54) is 12.5 Å². The van der Waals surface area contributed by atoms with Gasteiger partial charge in [-0.3, -0.25) is 19.4 Å². The number of esters is 1. The molecule has 1 saturated heterocycles. The van der Waals surface area contributed by atoms with Crippen LogP contribution in [0.25, 0.3) is 0 Å². The molecule has 20 atom stereocenters. The number of aliphatic imine (C=N–C) groups is 1. The number of cyclic esters (lactones) is 1. The van der Waals surface area contributed by atoms with E-state index in [9.17, 15) is 40.2 Å². The largest absolute Gasteiger partial charge is 0.465 e. The van der Waals surface area contributed by atoms with Gasteiger partial charge in [0.2, 0.25) is 0 Å². The molecule has 0 bridgehead atoms. The zero-order valence-electron chi connectivity index (χ0n) is 41.8. The lowest BCUT2D eigenvalue weighted by molar-refractivity contribution is -0.190. The molecule has 1 aromatic rings. The second kappa shape index (κ2) is 19.1. The Hall–Kier alpha value is -4.04. The number of hydrogen-bond donors (Lipinski definition) is 10. The minimum absolute atomic E-state index is 0.0157. The van der Waals surface area contributed by atoms with Crippen molar-refractivity contribution in [1.29, 1.82) is 0 Å². The first-order valence-electron chi connectivity index (χ1n) is 26.3. The second-order valence-electron chi connectivity index (χ2n) is 23.9. The van der Waals surface area contributed by atoms with Crippen LogP contribution in [0.15, 0.2) is 46.4 Å². The van der Waals surface area contributed by atoms with Crippen molar-refractivity contribution >= 4 is 23.5 Å². The van der Waals surface area contributed by atoms with Gasteiger partial charge in [0.25, 0.3) is 0 Å². The van der Waals surface area contributed by atoms with Crippen LogP contribution in [0.1, 0.15) is 130 Å². The Morgan fingerprint density at radius 1 is 1.01 bits per heavy atom. The molecule has 5 fully saturated rings. The lowest BCUT2D eigenvalue weighted by Crippen LogP contribution is -2.66. The maximum Gasteiger partial charge on any atom is 0.313 e. The topological polar surface area (TPSA) is 274 Å². The molecule has 0 radical (unpaired) electrons. The number of carbonyl (C=O) groups excluding carboxylic acids is 3. The van der Waals surface area contributed by atoms with Crippen LogP contribution in [0.5, 0.6) is 0 Å². The Kier molecular flexibility index (Phi) is 13.9. The first-order chi connectivity index (χ1) is 33.2. The molecule has 4 saturated carbocycles. The summed E-state index contributed by atoms with van der Waals surface area (Å²) in [6.07, 6.45) is 8.86. The van der Waals surface area contributed by atoms with E-state index in [2.05, 4.69) is 47.1 Å². The van der Waals surface area contributed by atoms with Crippen LogP contribution >= 0.6 is 0 Å². The monoisotopic (exact) mass is 970 g/mol. The van der Waals surface area contributed by atoms with E-state index in [1.807, 2.05) is 25.4 Å². The fraction of sp³-hybridized carbons (Fsp3) is 0.745. The number of fused-ring (bicyclic) bond motifs is 10. The summed E-state index contributed by atoms with van der Waals surface area (Å²) in [6, 6.07) is 0.750. The molecule has 9 rings (SSSR count). The average molecular weight is 970 g/mol. The summed E-state index contributed by atoms with van der Waals surface area (Å²) in [4.78, 5) is 49.6. The van der Waals surface area contributed by atoms with E-state index in [-0.39, 0.29) is 98.9 Å². The molecule has 7 aliphatic carbocycles. The second-order valence-corrected chi connectivity index (χ2v) is 23.9. The molecule has 70 heavy (non-hydrogen) atoms. The van der Waals surface area contributed by atoms with E-state index in [0.717, 1.165) is 37.7 Å². The van der Waals surface area contributed by atoms with Crippen LogP contribution in [0.3, 0.4) is 0 Å². The van der Waals surface area contributed by atoms with Gasteiger partial charge in [0.1, 0.15) is 6.04 Å². The van der Waals surface area contributed by atoms with E-state index < -0.39 is 94.1 Å². The van der Waals surface area contributed by atoms with Gasteiger partial charge in [0.05, 0.1) is 54.3 Å². The molecule has 20 unspecified atom stereocenters. The lowest BCUT2D eigenvalue weighted by atomic mass is 9.44. The SMILES string of the molecule is CC(=O)C(CO)NC1=C2C(CCC3(CCN=C(N)N)C4C(CC#CC(C5COC(=O)C5c5cc[nH]c5)CC5C6CC(C)CCC6=CCC5C(C)CC(O)C4(C)O)CC23O)C2(C)CC(O)C(O)CC2C1=O. The number of nitrogens with one attached hydrogen (secondary N) is 2. The first-order valence-corrected chi connectivity index (χ1v) is 26.3. The van der Waals surface area contributed by atoms with Gasteiger partial charge in [-0.15, -0.1) is 5.92 Å². The van der Waals surface area contributed by atoms with Crippen LogP contribution < -0.4 is 16.8 Å². The fourth-order valence-electron chi connectivity index (χ4n) is 16.7. The Bertz CT molecular complexity index is 2330. The molecule has 0 aromatic carbocycles. The molecule has 15 heteroatoms. The van der Waals surface area contributed by atoms with Gasteiger partial charge >= 0.3 is 5.97 Å². The maximum atomic E-state index is 15.2.